The number of fused-ring (bicyclic) bond motifs is 4. The lowest BCUT2D eigenvalue weighted by atomic mass is 10.0. The monoisotopic (exact) mass is 889 g/mol. The van der Waals surface area contributed by atoms with E-state index < -0.39 is 0 Å². The summed E-state index contributed by atoms with van der Waals surface area (Å²) in [7, 11) is 0. The van der Waals surface area contributed by atoms with Crippen LogP contribution in [0.5, 0.6) is 34.5 Å². The van der Waals surface area contributed by atoms with Crippen LogP contribution in [0, 0.1) is 0 Å². The van der Waals surface area contributed by atoms with Gasteiger partial charge in [0.15, 0.2) is 23.0 Å². The fraction of sp³-hybridized carbons (Fsp3) is 0.525. The van der Waals surface area contributed by atoms with Crippen LogP contribution in [0.1, 0.15) is 165 Å². The second kappa shape index (κ2) is 30.4. The lowest BCUT2D eigenvalue weighted by Gasteiger charge is -2.20. The van der Waals surface area contributed by atoms with Crippen LogP contribution in [-0.2, 0) is 0 Å². The molecule has 6 rings (SSSR count). The van der Waals surface area contributed by atoms with Crippen molar-refractivity contribution >= 4 is 43.1 Å². The Morgan fingerprint density at radius 1 is 0.277 bits per heavy atom. The van der Waals surface area contributed by atoms with Gasteiger partial charge in [0, 0.05) is 10.8 Å². The summed E-state index contributed by atoms with van der Waals surface area (Å²) in [5, 5.41) is 9.37. The minimum Gasteiger partial charge on any atom is -0.490 e. The molecule has 0 bridgehead atoms. The number of ether oxygens (including phenoxy) is 6. The van der Waals surface area contributed by atoms with Crippen LogP contribution in [-0.4, -0.2) is 39.6 Å². The van der Waals surface area contributed by atoms with Gasteiger partial charge < -0.3 is 28.4 Å². The van der Waals surface area contributed by atoms with Gasteiger partial charge in [-0.05, 0) is 107 Å². The molecule has 0 radical (unpaired) electrons. The van der Waals surface area contributed by atoms with Crippen LogP contribution in [0.4, 0.5) is 0 Å². The third kappa shape index (κ3) is 16.2. The van der Waals surface area contributed by atoms with Crippen molar-refractivity contribution in [3.8, 4) is 34.5 Å². The molecule has 6 aromatic carbocycles. The van der Waals surface area contributed by atoms with E-state index in [0.29, 0.717) is 39.6 Å². The number of benzene rings is 6. The van der Waals surface area contributed by atoms with Crippen molar-refractivity contribution in [1.82, 2.24) is 0 Å². The van der Waals surface area contributed by atoms with Gasteiger partial charge in [0.25, 0.3) is 0 Å². The number of hydrogen-bond donors (Lipinski definition) is 0. The van der Waals surface area contributed by atoms with Crippen molar-refractivity contribution in [3.05, 3.63) is 84.9 Å². The lowest BCUT2D eigenvalue weighted by molar-refractivity contribution is 0.237. The Labute approximate surface area is 393 Å². The minimum atomic E-state index is 0. The molecule has 6 nitrogen and oxygen atoms in total. The molecule has 0 saturated heterocycles. The van der Waals surface area contributed by atoms with Crippen LogP contribution in [0.25, 0.3) is 43.1 Å². The van der Waals surface area contributed by atoms with E-state index in [9.17, 15) is 0 Å². The summed E-state index contributed by atoms with van der Waals surface area (Å²) in [6.07, 6.45) is 20.3. The van der Waals surface area contributed by atoms with E-state index in [1.165, 1.54) is 85.8 Å². The molecule has 0 spiro atoms. The summed E-state index contributed by atoms with van der Waals surface area (Å²) in [5.74, 6) is 4.85. The third-order valence-corrected chi connectivity index (χ3v) is 11.7. The van der Waals surface area contributed by atoms with Crippen molar-refractivity contribution in [1.29, 1.82) is 0 Å². The van der Waals surface area contributed by atoms with Crippen LogP contribution in [0.15, 0.2) is 84.9 Å². The van der Waals surface area contributed by atoms with Gasteiger partial charge in [-0.25, -0.2) is 0 Å². The molecule has 0 aliphatic carbocycles. The molecular formula is C59H84O6. The first-order valence-electron chi connectivity index (χ1n) is 25.3. The van der Waals surface area contributed by atoms with Gasteiger partial charge in [-0.15, -0.1) is 0 Å². The van der Waals surface area contributed by atoms with Gasteiger partial charge in [0.1, 0.15) is 0 Å². The highest BCUT2D eigenvalue weighted by molar-refractivity contribution is 6.04. The molecule has 6 heteroatoms. The average Bonchev–Trinajstić information content (AvgIpc) is 3.32. The molecule has 0 unspecified atom stereocenters. The van der Waals surface area contributed by atoms with Crippen LogP contribution >= 0.6 is 0 Å². The quantitative estimate of drug-likeness (QED) is 0.0332. The first kappa shape index (κ1) is 52.8. The Bertz CT molecular complexity index is 2090. The summed E-state index contributed by atoms with van der Waals surface area (Å²) in [5.41, 5.74) is 0. The zero-order valence-electron chi connectivity index (χ0n) is 40.5. The molecule has 0 aromatic heterocycles. The van der Waals surface area contributed by atoms with E-state index in [2.05, 4.69) is 126 Å². The maximum Gasteiger partial charge on any atom is 0.204 e. The number of unbranched alkanes of at least 4 members (excludes halogenated alkanes) is 12. The fourth-order valence-electron chi connectivity index (χ4n) is 7.98. The normalized spacial score (nSPS) is 11.0. The number of rotatable bonds is 30. The third-order valence-electron chi connectivity index (χ3n) is 11.7. The van der Waals surface area contributed by atoms with Gasteiger partial charge >= 0.3 is 0 Å². The highest BCUT2D eigenvalue weighted by Gasteiger charge is 2.21. The molecule has 0 atom stereocenters. The Morgan fingerprint density at radius 3 is 0.831 bits per heavy atom. The van der Waals surface area contributed by atoms with E-state index in [4.69, 9.17) is 28.4 Å². The van der Waals surface area contributed by atoms with Crippen LogP contribution in [0.3, 0.4) is 0 Å². The van der Waals surface area contributed by atoms with Crippen LogP contribution in [0.2, 0.25) is 0 Å². The van der Waals surface area contributed by atoms with E-state index in [1.54, 1.807) is 0 Å². The van der Waals surface area contributed by atoms with Crippen LogP contribution < -0.4 is 28.4 Å². The van der Waals surface area contributed by atoms with E-state index in [1.807, 2.05) is 0 Å². The molecule has 356 valence electrons. The Hall–Kier alpha value is -4.84. The highest BCUT2D eigenvalue weighted by atomic mass is 16.5. The topological polar surface area (TPSA) is 55.4 Å². The van der Waals surface area contributed by atoms with E-state index >= 15 is 0 Å². The van der Waals surface area contributed by atoms with Crippen molar-refractivity contribution < 1.29 is 28.4 Å². The molecule has 0 fully saturated rings. The molecular weight excluding hydrogens is 805 g/mol. The first-order chi connectivity index (χ1) is 31.6. The largest absolute Gasteiger partial charge is 0.490 e. The molecule has 0 saturated carbocycles. The smallest absolute Gasteiger partial charge is 0.204 e. The second-order valence-electron chi connectivity index (χ2n) is 17.2. The molecule has 0 aliphatic heterocycles. The summed E-state index contributed by atoms with van der Waals surface area (Å²) in [6.45, 7) is 17.5. The molecule has 0 heterocycles. The predicted octanol–water partition coefficient (Wildman–Crippen LogP) is 18.0. The molecule has 65 heavy (non-hydrogen) atoms. The SMILES string of the molecule is C.CCCCCOc1cc2cc3ccccc3cc2c(OCCCCC)c1OCCCCC.CCCCCOc1cc2cc3ccccc3cc2c(OCCCCC)c1OCCCCC. The van der Waals surface area contributed by atoms with Crippen molar-refractivity contribution in [2.75, 3.05) is 39.6 Å². The summed E-state index contributed by atoms with van der Waals surface area (Å²) in [4.78, 5) is 0. The van der Waals surface area contributed by atoms with E-state index in [0.717, 1.165) is 107 Å². The first-order valence-corrected chi connectivity index (χ1v) is 25.3. The molecule has 0 amide bonds. The van der Waals surface area contributed by atoms with Gasteiger partial charge in [-0.1, -0.05) is 175 Å². The predicted molar refractivity (Wildman–Crippen MR) is 280 cm³/mol. The highest BCUT2D eigenvalue weighted by Crippen LogP contribution is 2.47. The summed E-state index contributed by atoms with van der Waals surface area (Å²) in [6, 6.07) is 30.2. The van der Waals surface area contributed by atoms with Gasteiger partial charge in [0.2, 0.25) is 11.5 Å². The maximum atomic E-state index is 6.42. The molecule has 6 aromatic rings. The van der Waals surface area contributed by atoms with E-state index in [-0.39, 0.29) is 7.43 Å². The van der Waals surface area contributed by atoms with Gasteiger partial charge in [-0.3, -0.25) is 0 Å². The number of hydrogen-bond acceptors (Lipinski definition) is 6. The summed E-state index contributed by atoms with van der Waals surface area (Å²) < 4.78 is 38.1. The zero-order valence-corrected chi connectivity index (χ0v) is 40.5. The lowest BCUT2D eigenvalue weighted by Crippen LogP contribution is -2.06. The van der Waals surface area contributed by atoms with Crippen molar-refractivity contribution in [2.24, 2.45) is 0 Å². The van der Waals surface area contributed by atoms with Gasteiger partial charge in [-0.2, -0.15) is 0 Å². The summed E-state index contributed by atoms with van der Waals surface area (Å²) >= 11 is 0. The fourth-order valence-corrected chi connectivity index (χ4v) is 7.98. The molecule has 0 aliphatic rings. The second-order valence-corrected chi connectivity index (χ2v) is 17.2. The maximum absolute atomic E-state index is 6.42. The molecule has 0 N–H and O–H groups in total. The van der Waals surface area contributed by atoms with Crippen molar-refractivity contribution in [2.45, 2.75) is 165 Å². The Kier molecular flexibility index (Phi) is 24.7. The minimum absolute atomic E-state index is 0. The average molecular weight is 889 g/mol. The zero-order chi connectivity index (χ0) is 45.2. The standard InChI is InChI=1S/2C29H40O3.CH4/c2*1-4-7-12-17-30-27-22-25-20-23-15-10-11-16-24(23)21-26(25)28(31-18-13-8-5-2)29(27)32-19-14-9-6-3;/h2*10-11,15-16,20-22H,4-9,12-14,17-19H2,1-3H3;1H4. The Balaban J connectivity index is 0.000000280. The van der Waals surface area contributed by atoms with Crippen molar-refractivity contribution in [3.63, 3.8) is 0 Å². The Morgan fingerprint density at radius 2 is 0.538 bits per heavy atom. The van der Waals surface area contributed by atoms with Gasteiger partial charge in [0.05, 0.1) is 39.6 Å².